The number of benzene rings is 2. The summed E-state index contributed by atoms with van der Waals surface area (Å²) in [7, 11) is 3.23. The highest BCUT2D eigenvalue weighted by Gasteiger charge is 2.24. The first-order chi connectivity index (χ1) is 12.2. The molecule has 0 aliphatic carbocycles. The van der Waals surface area contributed by atoms with Gasteiger partial charge in [-0.2, -0.15) is 0 Å². The molecule has 6 heteroatoms. The summed E-state index contributed by atoms with van der Waals surface area (Å²) in [6.07, 6.45) is 0.590. The van der Waals surface area contributed by atoms with Gasteiger partial charge in [-0.05, 0) is 41.8 Å². The number of urea groups is 1. The third-order valence-electron chi connectivity index (χ3n) is 4.16. The molecule has 3 rings (SSSR count). The lowest BCUT2D eigenvalue weighted by molar-refractivity contribution is 0.0441. The molecule has 2 aromatic rings. The van der Waals surface area contributed by atoms with Crippen LogP contribution in [0.3, 0.4) is 0 Å². The molecule has 25 heavy (non-hydrogen) atoms. The van der Waals surface area contributed by atoms with Gasteiger partial charge in [-0.1, -0.05) is 18.2 Å². The summed E-state index contributed by atoms with van der Waals surface area (Å²) in [5, 5.41) is 5.66. The van der Waals surface area contributed by atoms with Crippen LogP contribution < -0.4 is 20.1 Å². The Bertz CT molecular complexity index is 734. The van der Waals surface area contributed by atoms with E-state index in [4.69, 9.17) is 14.2 Å². The summed E-state index contributed by atoms with van der Waals surface area (Å²) in [4.78, 5) is 12.1. The molecule has 2 N–H and O–H groups in total. The first-order valence-corrected chi connectivity index (χ1v) is 8.17. The molecule has 2 amide bonds. The van der Waals surface area contributed by atoms with Crippen LogP contribution in [0.2, 0.25) is 0 Å². The van der Waals surface area contributed by atoms with Crippen LogP contribution in [0, 0.1) is 0 Å². The number of rotatable bonds is 5. The molecule has 1 heterocycles. The van der Waals surface area contributed by atoms with Gasteiger partial charge in [0, 0.05) is 12.2 Å². The van der Waals surface area contributed by atoms with Crippen molar-refractivity contribution >= 4 is 11.7 Å². The predicted octanol–water partition coefficient (Wildman–Crippen LogP) is 3.14. The van der Waals surface area contributed by atoms with Gasteiger partial charge in [0.15, 0.2) is 11.5 Å². The Morgan fingerprint density at radius 3 is 2.60 bits per heavy atom. The Kier molecular flexibility index (Phi) is 5.40. The molecule has 0 spiro atoms. The van der Waals surface area contributed by atoms with E-state index in [1.165, 1.54) is 0 Å². The van der Waals surface area contributed by atoms with Gasteiger partial charge in [-0.15, -0.1) is 0 Å². The molecule has 1 unspecified atom stereocenters. The third kappa shape index (κ3) is 4.03. The zero-order valence-corrected chi connectivity index (χ0v) is 14.4. The van der Waals surface area contributed by atoms with E-state index < -0.39 is 0 Å². The van der Waals surface area contributed by atoms with Crippen LogP contribution in [-0.4, -0.2) is 33.4 Å². The first-order valence-electron chi connectivity index (χ1n) is 8.17. The molecule has 0 saturated heterocycles. The van der Waals surface area contributed by atoms with Crippen molar-refractivity contribution in [3.63, 3.8) is 0 Å². The van der Waals surface area contributed by atoms with Crippen LogP contribution in [0.15, 0.2) is 42.5 Å². The van der Waals surface area contributed by atoms with Crippen LogP contribution in [0.1, 0.15) is 17.2 Å². The number of anilines is 1. The van der Waals surface area contributed by atoms with E-state index in [9.17, 15) is 4.79 Å². The Hall–Kier alpha value is -2.73. The number of carbonyl (C=O) groups is 1. The van der Waals surface area contributed by atoms with Crippen molar-refractivity contribution in [3.05, 3.63) is 53.6 Å². The van der Waals surface area contributed by atoms with Crippen molar-refractivity contribution in [2.75, 3.05) is 32.7 Å². The van der Waals surface area contributed by atoms with E-state index in [0.717, 1.165) is 23.2 Å². The van der Waals surface area contributed by atoms with Crippen molar-refractivity contribution in [1.82, 2.24) is 5.32 Å². The molecule has 1 atom stereocenters. The van der Waals surface area contributed by atoms with Gasteiger partial charge in [0.25, 0.3) is 0 Å². The van der Waals surface area contributed by atoms with Gasteiger partial charge < -0.3 is 24.8 Å². The Balaban J connectivity index is 1.67. The molecule has 1 aliphatic rings. The largest absolute Gasteiger partial charge is 0.493 e. The predicted molar refractivity (Wildman–Crippen MR) is 95.4 cm³/mol. The summed E-state index contributed by atoms with van der Waals surface area (Å²) < 4.78 is 16.6. The van der Waals surface area contributed by atoms with Gasteiger partial charge in [0.05, 0.1) is 20.8 Å². The average Bonchev–Trinajstić information content (AvgIpc) is 2.65. The van der Waals surface area contributed by atoms with Crippen LogP contribution in [0.25, 0.3) is 0 Å². The number of para-hydroxylation sites is 1. The summed E-state index contributed by atoms with van der Waals surface area (Å²) in [5.74, 6) is 1.36. The fraction of sp³-hybridized carbons (Fsp3) is 0.316. The normalized spacial score (nSPS) is 15.8. The Morgan fingerprint density at radius 1 is 1.16 bits per heavy atom. The van der Waals surface area contributed by atoms with E-state index in [1.807, 2.05) is 42.5 Å². The van der Waals surface area contributed by atoms with Crippen LogP contribution >= 0.6 is 0 Å². The van der Waals surface area contributed by atoms with Gasteiger partial charge in [0.1, 0.15) is 6.10 Å². The second-order valence-corrected chi connectivity index (χ2v) is 5.72. The highest BCUT2D eigenvalue weighted by Crippen LogP contribution is 2.36. The highest BCUT2D eigenvalue weighted by atomic mass is 16.5. The first kappa shape index (κ1) is 17.1. The van der Waals surface area contributed by atoms with E-state index in [0.29, 0.717) is 24.7 Å². The van der Waals surface area contributed by atoms with Crippen LogP contribution in [0.5, 0.6) is 11.5 Å². The molecule has 2 aromatic carbocycles. The molecule has 0 aromatic heterocycles. The fourth-order valence-corrected chi connectivity index (χ4v) is 2.91. The van der Waals surface area contributed by atoms with Crippen LogP contribution in [-0.2, 0) is 11.2 Å². The summed E-state index contributed by atoms with van der Waals surface area (Å²) in [6.45, 7) is 0.982. The monoisotopic (exact) mass is 342 g/mol. The summed E-state index contributed by atoms with van der Waals surface area (Å²) in [6, 6.07) is 13.0. The number of fused-ring (bicyclic) bond motifs is 1. The van der Waals surface area contributed by atoms with Crippen molar-refractivity contribution in [3.8, 4) is 11.5 Å². The zero-order valence-electron chi connectivity index (χ0n) is 14.4. The molecule has 6 nitrogen and oxygen atoms in total. The minimum absolute atomic E-state index is 0.218. The molecule has 132 valence electrons. The average molecular weight is 342 g/mol. The molecule has 0 bridgehead atoms. The van der Waals surface area contributed by atoms with E-state index >= 15 is 0 Å². The lowest BCUT2D eigenvalue weighted by Crippen LogP contribution is -2.34. The lowest BCUT2D eigenvalue weighted by atomic mass is 9.96. The summed E-state index contributed by atoms with van der Waals surface area (Å²) >= 11 is 0. The van der Waals surface area contributed by atoms with Gasteiger partial charge >= 0.3 is 6.03 Å². The standard InChI is InChI=1S/C19H22N2O4/c1-23-16-10-13-8-9-25-18(15(13)11-17(16)24-2)12-20-19(22)21-14-6-4-3-5-7-14/h3-7,10-11,18H,8-9,12H2,1-2H3,(H2,20,21,22). The second kappa shape index (κ2) is 7.90. The Morgan fingerprint density at radius 2 is 1.88 bits per heavy atom. The minimum Gasteiger partial charge on any atom is -0.493 e. The van der Waals surface area contributed by atoms with Crippen molar-refractivity contribution < 1.29 is 19.0 Å². The van der Waals surface area contributed by atoms with Gasteiger partial charge in [-0.3, -0.25) is 0 Å². The molecular weight excluding hydrogens is 320 g/mol. The van der Waals surface area contributed by atoms with Crippen molar-refractivity contribution in [1.29, 1.82) is 0 Å². The zero-order chi connectivity index (χ0) is 17.6. The molecule has 1 aliphatic heterocycles. The van der Waals surface area contributed by atoms with E-state index in [1.54, 1.807) is 14.2 Å². The maximum atomic E-state index is 12.1. The number of hydrogen-bond donors (Lipinski definition) is 2. The number of hydrogen-bond acceptors (Lipinski definition) is 4. The number of ether oxygens (including phenoxy) is 3. The highest BCUT2D eigenvalue weighted by molar-refractivity contribution is 5.89. The molecule has 0 saturated carbocycles. The van der Waals surface area contributed by atoms with Crippen LogP contribution in [0.4, 0.5) is 10.5 Å². The maximum absolute atomic E-state index is 12.1. The Labute approximate surface area is 147 Å². The van der Waals surface area contributed by atoms with E-state index in [2.05, 4.69) is 10.6 Å². The number of amides is 2. The molecular formula is C19H22N2O4. The smallest absolute Gasteiger partial charge is 0.319 e. The third-order valence-corrected chi connectivity index (χ3v) is 4.16. The second-order valence-electron chi connectivity index (χ2n) is 5.72. The minimum atomic E-state index is -0.262. The maximum Gasteiger partial charge on any atom is 0.319 e. The van der Waals surface area contributed by atoms with Crippen molar-refractivity contribution in [2.24, 2.45) is 0 Å². The van der Waals surface area contributed by atoms with E-state index in [-0.39, 0.29) is 12.1 Å². The van der Waals surface area contributed by atoms with Gasteiger partial charge in [-0.25, -0.2) is 4.79 Å². The number of carbonyl (C=O) groups excluding carboxylic acids is 1. The topological polar surface area (TPSA) is 68.8 Å². The number of nitrogens with one attached hydrogen (secondary N) is 2. The van der Waals surface area contributed by atoms with Crippen molar-refractivity contribution in [2.45, 2.75) is 12.5 Å². The van der Waals surface area contributed by atoms with Gasteiger partial charge in [0.2, 0.25) is 0 Å². The fourth-order valence-electron chi connectivity index (χ4n) is 2.91. The number of methoxy groups -OCH3 is 2. The lowest BCUT2D eigenvalue weighted by Gasteiger charge is -2.27. The molecule has 0 radical (unpaired) electrons. The molecule has 0 fully saturated rings. The SMILES string of the molecule is COc1cc2c(cc1OC)C(CNC(=O)Nc1ccccc1)OCC2. The quantitative estimate of drug-likeness (QED) is 0.876. The summed E-state index contributed by atoms with van der Waals surface area (Å²) in [5.41, 5.74) is 2.92.